The molecular weight excluding hydrogens is 332 g/mol. The van der Waals surface area contributed by atoms with E-state index < -0.39 is 0 Å². The average Bonchev–Trinajstić information content (AvgIpc) is 3.06. The highest BCUT2D eigenvalue weighted by Gasteiger charge is 2.14. The van der Waals surface area contributed by atoms with Crippen LogP contribution in [0.5, 0.6) is 0 Å². The predicted octanol–water partition coefficient (Wildman–Crippen LogP) is 4.93. The van der Waals surface area contributed by atoms with Crippen molar-refractivity contribution >= 4 is 34.5 Å². The number of hydrogen-bond acceptors (Lipinski definition) is 3. The van der Waals surface area contributed by atoms with E-state index in [-0.39, 0.29) is 0 Å². The Labute approximate surface area is 152 Å². The molecular formula is C20H21ClN4. The lowest BCUT2D eigenvalue weighted by Crippen LogP contribution is -2.32. The molecule has 1 aliphatic rings. The average molecular weight is 353 g/mol. The molecule has 1 saturated heterocycles. The number of piperidine rings is 1. The molecule has 0 saturated carbocycles. The molecule has 25 heavy (non-hydrogen) atoms. The standard InChI is InChI=1S/C20H21ClN4/c1-25-10-2-3-14(13-25)12-23-16-6-4-15(5-7-16)19-11-17-18(21)8-9-22-20(17)24-19/h4-9,11-12,14H,2-3,10,13H2,1H3,(H,22,24). The molecule has 1 fully saturated rings. The lowest BCUT2D eigenvalue weighted by Gasteiger charge is -2.27. The van der Waals surface area contributed by atoms with Gasteiger partial charge in [-0.3, -0.25) is 4.99 Å². The number of likely N-dealkylation sites (tertiary alicyclic amines) is 1. The Morgan fingerprint density at radius 1 is 1.28 bits per heavy atom. The molecule has 2 aromatic heterocycles. The molecule has 0 spiro atoms. The maximum absolute atomic E-state index is 6.23. The number of benzene rings is 1. The van der Waals surface area contributed by atoms with Gasteiger partial charge in [0, 0.05) is 36.0 Å². The third-order valence-corrected chi connectivity index (χ3v) is 5.08. The Morgan fingerprint density at radius 3 is 2.88 bits per heavy atom. The molecule has 3 aromatic rings. The maximum Gasteiger partial charge on any atom is 0.139 e. The first-order valence-corrected chi connectivity index (χ1v) is 9.03. The second-order valence-corrected chi connectivity index (χ2v) is 7.13. The molecule has 3 heterocycles. The van der Waals surface area contributed by atoms with Gasteiger partial charge in [0.25, 0.3) is 0 Å². The first-order valence-electron chi connectivity index (χ1n) is 8.65. The number of H-pyrrole nitrogens is 1. The molecule has 1 aliphatic heterocycles. The van der Waals surface area contributed by atoms with E-state index in [1.165, 1.54) is 19.4 Å². The van der Waals surface area contributed by atoms with Gasteiger partial charge >= 0.3 is 0 Å². The highest BCUT2D eigenvalue weighted by molar-refractivity contribution is 6.35. The SMILES string of the molecule is CN1CCCC(C=Nc2ccc(-c3cc4c(Cl)ccnc4[nH]3)cc2)C1. The summed E-state index contributed by atoms with van der Waals surface area (Å²) in [6, 6.07) is 12.1. The Morgan fingerprint density at radius 2 is 2.12 bits per heavy atom. The van der Waals surface area contributed by atoms with Crippen molar-refractivity contribution in [1.29, 1.82) is 0 Å². The van der Waals surface area contributed by atoms with Gasteiger partial charge in [0.1, 0.15) is 5.65 Å². The Kier molecular flexibility index (Phi) is 4.55. The van der Waals surface area contributed by atoms with Gasteiger partial charge in [0.2, 0.25) is 0 Å². The number of halogens is 1. The van der Waals surface area contributed by atoms with Gasteiger partial charge in [-0.25, -0.2) is 4.98 Å². The lowest BCUT2D eigenvalue weighted by atomic mass is 10.00. The normalized spacial score (nSPS) is 19.0. The minimum atomic E-state index is 0.556. The van der Waals surface area contributed by atoms with E-state index in [0.29, 0.717) is 10.9 Å². The van der Waals surface area contributed by atoms with Gasteiger partial charge in [0.05, 0.1) is 10.7 Å². The third-order valence-electron chi connectivity index (χ3n) is 4.75. The van der Waals surface area contributed by atoms with Crippen LogP contribution in [0, 0.1) is 5.92 Å². The molecule has 1 aromatic carbocycles. The quantitative estimate of drug-likeness (QED) is 0.679. The number of fused-ring (bicyclic) bond motifs is 1. The van der Waals surface area contributed by atoms with Crippen LogP contribution in [0.4, 0.5) is 5.69 Å². The van der Waals surface area contributed by atoms with Crippen molar-refractivity contribution in [3.8, 4) is 11.3 Å². The van der Waals surface area contributed by atoms with Gasteiger partial charge in [-0.2, -0.15) is 0 Å². The van der Waals surface area contributed by atoms with Crippen LogP contribution >= 0.6 is 11.6 Å². The number of aromatic amines is 1. The van der Waals surface area contributed by atoms with Gasteiger partial charge in [0.15, 0.2) is 0 Å². The van der Waals surface area contributed by atoms with E-state index in [9.17, 15) is 0 Å². The van der Waals surface area contributed by atoms with Gasteiger partial charge < -0.3 is 9.88 Å². The minimum absolute atomic E-state index is 0.556. The fourth-order valence-corrected chi connectivity index (χ4v) is 3.60. The summed E-state index contributed by atoms with van der Waals surface area (Å²) in [6.45, 7) is 2.30. The summed E-state index contributed by atoms with van der Waals surface area (Å²) < 4.78 is 0. The van der Waals surface area contributed by atoms with Crippen molar-refractivity contribution in [3.63, 3.8) is 0 Å². The maximum atomic E-state index is 6.23. The van der Waals surface area contributed by atoms with E-state index in [2.05, 4.69) is 57.4 Å². The molecule has 4 nitrogen and oxygen atoms in total. The molecule has 128 valence electrons. The molecule has 0 radical (unpaired) electrons. The van der Waals surface area contributed by atoms with Crippen molar-refractivity contribution < 1.29 is 0 Å². The number of aromatic nitrogens is 2. The van der Waals surface area contributed by atoms with Crippen LogP contribution in [0.15, 0.2) is 47.6 Å². The highest BCUT2D eigenvalue weighted by Crippen LogP contribution is 2.28. The monoisotopic (exact) mass is 352 g/mol. The number of nitrogens with zero attached hydrogens (tertiary/aromatic N) is 3. The summed E-state index contributed by atoms with van der Waals surface area (Å²) in [4.78, 5) is 14.7. The van der Waals surface area contributed by atoms with Crippen LogP contribution in [0.1, 0.15) is 12.8 Å². The summed E-state index contributed by atoms with van der Waals surface area (Å²) in [6.07, 6.45) is 6.31. The van der Waals surface area contributed by atoms with Crippen molar-refractivity contribution in [2.75, 3.05) is 20.1 Å². The Balaban J connectivity index is 1.52. The molecule has 5 heteroatoms. The fourth-order valence-electron chi connectivity index (χ4n) is 3.40. The smallest absolute Gasteiger partial charge is 0.139 e. The van der Waals surface area contributed by atoms with Gasteiger partial charge in [-0.1, -0.05) is 23.7 Å². The fraction of sp³-hybridized carbons (Fsp3) is 0.300. The van der Waals surface area contributed by atoms with Crippen molar-refractivity contribution in [2.24, 2.45) is 10.9 Å². The van der Waals surface area contributed by atoms with Gasteiger partial charge in [-0.15, -0.1) is 0 Å². The number of hydrogen-bond donors (Lipinski definition) is 1. The first-order chi connectivity index (χ1) is 12.2. The van der Waals surface area contributed by atoms with Crippen LogP contribution in [0.2, 0.25) is 5.02 Å². The van der Waals surface area contributed by atoms with Crippen LogP contribution in [0.25, 0.3) is 22.3 Å². The second kappa shape index (κ2) is 6.98. The summed E-state index contributed by atoms with van der Waals surface area (Å²) >= 11 is 6.23. The van der Waals surface area contributed by atoms with Gasteiger partial charge in [-0.05, 0) is 56.3 Å². The minimum Gasteiger partial charge on any atom is -0.339 e. The van der Waals surface area contributed by atoms with Crippen molar-refractivity contribution in [1.82, 2.24) is 14.9 Å². The molecule has 1 N–H and O–H groups in total. The largest absolute Gasteiger partial charge is 0.339 e. The van der Waals surface area contributed by atoms with E-state index in [0.717, 1.165) is 34.5 Å². The molecule has 0 bridgehead atoms. The zero-order valence-electron chi connectivity index (χ0n) is 14.2. The zero-order chi connectivity index (χ0) is 17.2. The number of nitrogens with one attached hydrogen (secondary N) is 1. The summed E-state index contributed by atoms with van der Waals surface area (Å²) in [5.74, 6) is 0.556. The Hall–Kier alpha value is -2.17. The zero-order valence-corrected chi connectivity index (χ0v) is 15.0. The number of aliphatic imine (C=N–C) groups is 1. The van der Waals surface area contributed by atoms with Crippen LogP contribution in [-0.4, -0.2) is 41.2 Å². The van der Waals surface area contributed by atoms with E-state index in [1.54, 1.807) is 6.20 Å². The van der Waals surface area contributed by atoms with E-state index >= 15 is 0 Å². The highest BCUT2D eigenvalue weighted by atomic mass is 35.5. The van der Waals surface area contributed by atoms with Crippen LogP contribution < -0.4 is 0 Å². The molecule has 4 rings (SSSR count). The Bertz CT molecular complexity index is 898. The second-order valence-electron chi connectivity index (χ2n) is 6.73. The third kappa shape index (κ3) is 3.60. The first kappa shape index (κ1) is 16.3. The number of pyridine rings is 1. The van der Waals surface area contributed by atoms with E-state index in [1.807, 2.05) is 12.1 Å². The molecule has 0 aliphatic carbocycles. The number of rotatable bonds is 3. The van der Waals surface area contributed by atoms with Crippen LogP contribution in [0.3, 0.4) is 0 Å². The molecule has 0 amide bonds. The summed E-state index contributed by atoms with van der Waals surface area (Å²) in [5.41, 5.74) is 3.92. The topological polar surface area (TPSA) is 44.3 Å². The summed E-state index contributed by atoms with van der Waals surface area (Å²) in [7, 11) is 2.18. The summed E-state index contributed by atoms with van der Waals surface area (Å²) in [5, 5.41) is 1.66. The lowest BCUT2D eigenvalue weighted by molar-refractivity contribution is 0.249. The van der Waals surface area contributed by atoms with E-state index in [4.69, 9.17) is 11.6 Å². The van der Waals surface area contributed by atoms with Crippen LogP contribution in [-0.2, 0) is 0 Å². The molecule has 1 atom stereocenters. The van der Waals surface area contributed by atoms with Crippen molar-refractivity contribution in [3.05, 3.63) is 47.6 Å². The molecule has 1 unspecified atom stereocenters. The van der Waals surface area contributed by atoms with Crippen molar-refractivity contribution in [2.45, 2.75) is 12.8 Å². The predicted molar refractivity (Wildman–Crippen MR) is 105 cm³/mol.